The van der Waals surface area contributed by atoms with Crippen LogP contribution in [0.3, 0.4) is 0 Å². The molecule has 6 heteroatoms. The largest absolute Gasteiger partial charge is 0.342 e. The third-order valence-electron chi connectivity index (χ3n) is 5.44. The molecule has 2 rings (SSSR count). The second-order valence-electron chi connectivity index (χ2n) is 7.16. The molecule has 21 heavy (non-hydrogen) atoms. The van der Waals surface area contributed by atoms with Crippen molar-refractivity contribution in [3.63, 3.8) is 0 Å². The van der Waals surface area contributed by atoms with Gasteiger partial charge in [0.15, 0.2) is 0 Å². The molecular weight excluding hydrogens is 288 g/mol. The van der Waals surface area contributed by atoms with Gasteiger partial charge in [-0.05, 0) is 31.6 Å². The first-order valence-corrected chi connectivity index (χ1v) is 9.71. The second-order valence-corrected chi connectivity index (χ2v) is 9.14. The van der Waals surface area contributed by atoms with Crippen LogP contribution >= 0.6 is 0 Å². The Morgan fingerprint density at radius 3 is 2.05 bits per heavy atom. The van der Waals surface area contributed by atoms with E-state index in [1.54, 1.807) is 0 Å². The maximum absolute atomic E-state index is 12.8. The third-order valence-corrected chi connectivity index (χ3v) is 6.74. The van der Waals surface area contributed by atoms with Gasteiger partial charge in [0.05, 0.1) is 6.26 Å². The molecule has 0 N–H and O–H groups in total. The van der Waals surface area contributed by atoms with E-state index < -0.39 is 10.0 Å². The highest BCUT2D eigenvalue weighted by atomic mass is 32.2. The van der Waals surface area contributed by atoms with Crippen molar-refractivity contribution in [1.29, 1.82) is 0 Å². The Kier molecular flexibility index (Phi) is 4.69. The van der Waals surface area contributed by atoms with Crippen LogP contribution in [0.25, 0.3) is 0 Å². The molecule has 0 aromatic heterocycles. The summed E-state index contributed by atoms with van der Waals surface area (Å²) in [6.45, 7) is 5.15. The van der Waals surface area contributed by atoms with Crippen LogP contribution in [0.1, 0.15) is 46.0 Å². The fourth-order valence-corrected chi connectivity index (χ4v) is 4.36. The van der Waals surface area contributed by atoms with E-state index in [0.717, 1.165) is 25.7 Å². The molecule has 2 aliphatic rings. The van der Waals surface area contributed by atoms with Crippen LogP contribution in [-0.4, -0.2) is 56.0 Å². The van der Waals surface area contributed by atoms with Crippen molar-refractivity contribution in [2.75, 3.05) is 26.4 Å². The zero-order valence-corrected chi connectivity index (χ0v) is 14.4. The lowest BCUT2D eigenvalue weighted by atomic mass is 9.66. The van der Waals surface area contributed by atoms with Crippen molar-refractivity contribution >= 4 is 15.9 Å². The Balaban J connectivity index is 1.95. The molecule has 1 amide bonds. The molecule has 0 aromatic carbocycles. The smallest absolute Gasteiger partial charge is 0.228 e. The number of hydrogen-bond acceptors (Lipinski definition) is 3. The van der Waals surface area contributed by atoms with Crippen LogP contribution in [0.4, 0.5) is 0 Å². The van der Waals surface area contributed by atoms with Crippen molar-refractivity contribution in [2.45, 2.75) is 52.0 Å². The van der Waals surface area contributed by atoms with E-state index in [-0.39, 0.29) is 17.4 Å². The van der Waals surface area contributed by atoms with Crippen LogP contribution in [0.5, 0.6) is 0 Å². The van der Waals surface area contributed by atoms with E-state index in [2.05, 4.69) is 13.8 Å². The van der Waals surface area contributed by atoms with Crippen LogP contribution in [0.15, 0.2) is 0 Å². The molecule has 0 unspecified atom stereocenters. The van der Waals surface area contributed by atoms with Crippen LogP contribution in [0.2, 0.25) is 0 Å². The number of amides is 1. The van der Waals surface area contributed by atoms with E-state index in [0.29, 0.717) is 19.0 Å². The van der Waals surface area contributed by atoms with Gasteiger partial charge in [0.2, 0.25) is 15.9 Å². The molecule has 0 radical (unpaired) electrons. The summed E-state index contributed by atoms with van der Waals surface area (Å²) in [5.74, 6) is 0.716. The first-order valence-electron chi connectivity index (χ1n) is 7.86. The summed E-state index contributed by atoms with van der Waals surface area (Å²) in [4.78, 5) is 14.6. The van der Waals surface area contributed by atoms with Crippen LogP contribution in [0, 0.1) is 11.3 Å². The molecule has 122 valence electrons. The van der Waals surface area contributed by atoms with Gasteiger partial charge in [-0.2, -0.15) is 0 Å². The topological polar surface area (TPSA) is 57.7 Å². The summed E-state index contributed by atoms with van der Waals surface area (Å²) in [5.41, 5.74) is -0.291. The maximum atomic E-state index is 12.8. The molecule has 0 bridgehead atoms. The zero-order chi connectivity index (χ0) is 15.8. The number of piperidine rings is 1. The molecule has 0 spiro atoms. The number of sulfonamides is 1. The summed E-state index contributed by atoms with van der Waals surface area (Å²) in [6.07, 6.45) is 6.25. The minimum atomic E-state index is -3.10. The molecule has 1 heterocycles. The average molecular weight is 316 g/mol. The molecule has 5 nitrogen and oxygen atoms in total. The van der Waals surface area contributed by atoms with Crippen molar-refractivity contribution in [2.24, 2.45) is 11.3 Å². The summed E-state index contributed by atoms with van der Waals surface area (Å²) < 4.78 is 24.6. The van der Waals surface area contributed by atoms with Gasteiger partial charge in [-0.1, -0.05) is 20.3 Å². The molecule has 2 fully saturated rings. The quantitative estimate of drug-likeness (QED) is 0.793. The normalized spacial score (nSPS) is 22.9. The fraction of sp³-hybridized carbons (Fsp3) is 0.933. The molecular formula is C15H28N2O3S. The number of carbonyl (C=O) groups is 1. The SMILES string of the molecule is CN(C(=O)C(C)(C)C1CCC1)C1CCN(S(C)(=O)=O)CC1. The first kappa shape index (κ1) is 16.7. The third kappa shape index (κ3) is 3.42. The molecule has 1 saturated heterocycles. The van der Waals surface area contributed by atoms with Gasteiger partial charge in [-0.3, -0.25) is 4.79 Å². The molecule has 1 aliphatic carbocycles. The van der Waals surface area contributed by atoms with Gasteiger partial charge < -0.3 is 4.90 Å². The fourth-order valence-electron chi connectivity index (χ4n) is 3.49. The predicted molar refractivity (Wildman–Crippen MR) is 83.3 cm³/mol. The maximum Gasteiger partial charge on any atom is 0.228 e. The number of nitrogens with zero attached hydrogens (tertiary/aromatic N) is 2. The van der Waals surface area contributed by atoms with Crippen molar-refractivity contribution < 1.29 is 13.2 Å². The molecule has 0 aromatic rings. The predicted octanol–water partition coefficient (Wildman–Crippen LogP) is 1.70. The lowest BCUT2D eigenvalue weighted by molar-refractivity contribution is -0.146. The molecule has 0 atom stereocenters. The summed E-state index contributed by atoms with van der Waals surface area (Å²) in [6, 6.07) is 0.162. The number of rotatable bonds is 4. The van der Waals surface area contributed by atoms with Crippen molar-refractivity contribution in [3.8, 4) is 0 Å². The number of carbonyl (C=O) groups excluding carboxylic acids is 1. The van der Waals surface area contributed by atoms with Gasteiger partial charge >= 0.3 is 0 Å². The van der Waals surface area contributed by atoms with E-state index >= 15 is 0 Å². The van der Waals surface area contributed by atoms with E-state index in [9.17, 15) is 13.2 Å². The van der Waals surface area contributed by atoms with E-state index in [1.165, 1.54) is 17.0 Å². The minimum Gasteiger partial charge on any atom is -0.342 e. The van der Waals surface area contributed by atoms with Gasteiger partial charge in [0.1, 0.15) is 0 Å². The first-order chi connectivity index (χ1) is 9.64. The zero-order valence-electron chi connectivity index (χ0n) is 13.6. The lowest BCUT2D eigenvalue weighted by Gasteiger charge is -2.44. The Morgan fingerprint density at radius 2 is 1.67 bits per heavy atom. The number of hydrogen-bond donors (Lipinski definition) is 0. The summed E-state index contributed by atoms with van der Waals surface area (Å²) in [7, 11) is -1.22. The second kappa shape index (κ2) is 5.88. The van der Waals surface area contributed by atoms with E-state index in [4.69, 9.17) is 0 Å². The van der Waals surface area contributed by atoms with E-state index in [1.807, 2.05) is 11.9 Å². The molecule has 1 aliphatic heterocycles. The summed E-state index contributed by atoms with van der Waals surface area (Å²) in [5, 5.41) is 0. The van der Waals surface area contributed by atoms with Crippen LogP contribution < -0.4 is 0 Å². The highest BCUT2D eigenvalue weighted by molar-refractivity contribution is 7.88. The lowest BCUT2D eigenvalue weighted by Crippen LogP contribution is -2.52. The minimum absolute atomic E-state index is 0.162. The average Bonchev–Trinajstić information content (AvgIpc) is 2.33. The highest BCUT2D eigenvalue weighted by Crippen LogP contribution is 2.43. The summed E-state index contributed by atoms with van der Waals surface area (Å²) >= 11 is 0. The Morgan fingerprint density at radius 1 is 1.14 bits per heavy atom. The molecule has 1 saturated carbocycles. The van der Waals surface area contributed by atoms with Gasteiger partial charge in [-0.15, -0.1) is 0 Å². The highest BCUT2D eigenvalue weighted by Gasteiger charge is 2.43. The Hall–Kier alpha value is -0.620. The van der Waals surface area contributed by atoms with Gasteiger partial charge in [0, 0.05) is 31.6 Å². The standard InChI is InChI=1S/C15H28N2O3S/c1-15(2,12-6-5-7-12)14(18)16(3)13-8-10-17(11-9-13)21(4,19)20/h12-13H,5-11H2,1-4H3. The Labute approximate surface area is 128 Å². The Bertz CT molecular complexity index is 489. The van der Waals surface area contributed by atoms with Crippen molar-refractivity contribution in [1.82, 2.24) is 9.21 Å². The van der Waals surface area contributed by atoms with Gasteiger partial charge in [0.25, 0.3) is 0 Å². The van der Waals surface area contributed by atoms with Crippen LogP contribution in [-0.2, 0) is 14.8 Å². The van der Waals surface area contributed by atoms with Crippen molar-refractivity contribution in [3.05, 3.63) is 0 Å². The van der Waals surface area contributed by atoms with Gasteiger partial charge in [-0.25, -0.2) is 12.7 Å². The monoisotopic (exact) mass is 316 g/mol.